The van der Waals surface area contributed by atoms with Crippen molar-refractivity contribution >= 4 is 11.8 Å². The van der Waals surface area contributed by atoms with Gasteiger partial charge in [0, 0.05) is 19.4 Å². The van der Waals surface area contributed by atoms with Crippen molar-refractivity contribution in [2.75, 3.05) is 0 Å². The molecule has 0 saturated carbocycles. The summed E-state index contributed by atoms with van der Waals surface area (Å²) in [5, 5.41) is 8.68. The van der Waals surface area contributed by atoms with Gasteiger partial charge in [0.05, 0.1) is 12.0 Å². The Morgan fingerprint density at radius 3 is 2.95 bits per heavy atom. The van der Waals surface area contributed by atoms with Crippen LogP contribution in [-0.2, 0) is 12.8 Å². The maximum atomic E-state index is 12.7. The van der Waals surface area contributed by atoms with Crippen molar-refractivity contribution in [3.05, 3.63) is 36.6 Å². The second-order valence-electron chi connectivity index (χ2n) is 4.16. The third-order valence-electron chi connectivity index (χ3n) is 2.87. The number of imidazole rings is 1. The first-order valence-electron chi connectivity index (χ1n) is 6.02. The number of nitrogens with zero attached hydrogens (tertiary/aromatic N) is 5. The Balaban J connectivity index is 1.76. The molecule has 0 amide bonds. The van der Waals surface area contributed by atoms with Crippen LogP contribution in [0.3, 0.4) is 0 Å². The fourth-order valence-electron chi connectivity index (χ4n) is 1.82. The van der Waals surface area contributed by atoms with Crippen molar-refractivity contribution in [3.63, 3.8) is 0 Å². The molecule has 0 saturated heterocycles. The summed E-state index contributed by atoms with van der Waals surface area (Å²) in [6.45, 7) is -2.60. The van der Waals surface area contributed by atoms with Gasteiger partial charge in [0.2, 0.25) is 0 Å². The first kappa shape index (κ1) is 13.8. The van der Waals surface area contributed by atoms with Gasteiger partial charge in [0.15, 0.2) is 16.7 Å². The van der Waals surface area contributed by atoms with E-state index in [4.69, 9.17) is 4.42 Å². The lowest BCUT2D eigenvalue weighted by atomic mass is 10.4. The normalized spacial score (nSPS) is 11.4. The van der Waals surface area contributed by atoms with Crippen LogP contribution >= 0.6 is 11.8 Å². The number of alkyl halides is 2. The standard InChI is InChI=1S/C12H11F2N5OS/c1-18-10(8-3-2-6-20-8)16-17-12(18)21-7-9-15-4-5-19(9)11(13)14/h2-6,11H,7H2,1H3. The van der Waals surface area contributed by atoms with Gasteiger partial charge >= 0.3 is 6.55 Å². The van der Waals surface area contributed by atoms with Gasteiger partial charge in [-0.15, -0.1) is 10.2 Å². The lowest BCUT2D eigenvalue weighted by Crippen LogP contribution is -2.02. The lowest BCUT2D eigenvalue weighted by Gasteiger charge is -2.05. The second kappa shape index (κ2) is 5.68. The minimum absolute atomic E-state index is 0.279. The van der Waals surface area contributed by atoms with Crippen LogP contribution in [0.15, 0.2) is 40.4 Å². The van der Waals surface area contributed by atoms with E-state index in [9.17, 15) is 8.78 Å². The van der Waals surface area contributed by atoms with Crippen molar-refractivity contribution in [1.29, 1.82) is 0 Å². The highest BCUT2D eigenvalue weighted by Crippen LogP contribution is 2.26. The summed E-state index contributed by atoms with van der Waals surface area (Å²) in [5.41, 5.74) is 0. The summed E-state index contributed by atoms with van der Waals surface area (Å²) in [4.78, 5) is 3.93. The Morgan fingerprint density at radius 1 is 1.38 bits per heavy atom. The van der Waals surface area contributed by atoms with Gasteiger partial charge in [-0.3, -0.25) is 4.57 Å². The van der Waals surface area contributed by atoms with E-state index in [1.54, 1.807) is 30.0 Å². The molecule has 0 radical (unpaired) electrons. The Kier molecular flexibility index (Phi) is 3.74. The van der Waals surface area contributed by atoms with E-state index in [-0.39, 0.29) is 11.6 Å². The molecule has 6 nitrogen and oxygen atoms in total. The minimum atomic E-state index is -2.60. The number of furan rings is 1. The maximum absolute atomic E-state index is 12.7. The average molecular weight is 311 g/mol. The summed E-state index contributed by atoms with van der Waals surface area (Å²) in [6.07, 6.45) is 4.16. The molecule has 21 heavy (non-hydrogen) atoms. The molecule has 3 aromatic heterocycles. The molecule has 0 spiro atoms. The zero-order valence-corrected chi connectivity index (χ0v) is 11.8. The number of thioether (sulfide) groups is 1. The fraction of sp³-hybridized carbons (Fsp3) is 0.250. The molecule has 3 heterocycles. The highest BCUT2D eigenvalue weighted by molar-refractivity contribution is 7.98. The van der Waals surface area contributed by atoms with Crippen molar-refractivity contribution in [1.82, 2.24) is 24.3 Å². The number of rotatable bonds is 5. The Hall–Kier alpha value is -2.16. The molecule has 9 heteroatoms. The molecule has 3 aromatic rings. The molecule has 0 aliphatic carbocycles. The van der Waals surface area contributed by atoms with Gasteiger partial charge in [-0.1, -0.05) is 11.8 Å². The molecule has 0 aromatic carbocycles. The Morgan fingerprint density at radius 2 is 2.24 bits per heavy atom. The number of halogens is 2. The molecule has 0 aliphatic heterocycles. The van der Waals surface area contributed by atoms with Crippen LogP contribution < -0.4 is 0 Å². The predicted molar refractivity (Wildman–Crippen MR) is 71.7 cm³/mol. The molecule has 0 aliphatic rings. The zero-order chi connectivity index (χ0) is 14.8. The van der Waals surface area contributed by atoms with Crippen molar-refractivity contribution in [2.24, 2.45) is 7.05 Å². The van der Waals surface area contributed by atoms with Crippen LogP contribution in [-0.4, -0.2) is 24.3 Å². The monoisotopic (exact) mass is 311 g/mol. The van der Waals surface area contributed by atoms with Crippen molar-refractivity contribution < 1.29 is 13.2 Å². The molecule has 0 fully saturated rings. The van der Waals surface area contributed by atoms with E-state index in [2.05, 4.69) is 15.2 Å². The first-order valence-corrected chi connectivity index (χ1v) is 7.01. The first-order chi connectivity index (χ1) is 10.2. The van der Waals surface area contributed by atoms with Gasteiger partial charge in [-0.05, 0) is 12.1 Å². The quantitative estimate of drug-likeness (QED) is 0.678. The molecular formula is C12H11F2N5OS. The fourth-order valence-corrected chi connectivity index (χ4v) is 2.68. The van der Waals surface area contributed by atoms with Crippen molar-refractivity contribution in [2.45, 2.75) is 17.5 Å². The number of hydrogen-bond donors (Lipinski definition) is 0. The number of aromatic nitrogens is 5. The summed E-state index contributed by atoms with van der Waals surface area (Å²) in [5.74, 6) is 1.75. The highest BCUT2D eigenvalue weighted by Gasteiger charge is 2.16. The maximum Gasteiger partial charge on any atom is 0.319 e. The molecular weight excluding hydrogens is 300 g/mol. The summed E-state index contributed by atoms with van der Waals surface area (Å²) >= 11 is 1.29. The highest BCUT2D eigenvalue weighted by atomic mass is 32.2. The van der Waals surface area contributed by atoms with Gasteiger partial charge in [-0.25, -0.2) is 4.98 Å². The third-order valence-corrected chi connectivity index (χ3v) is 3.88. The molecule has 110 valence electrons. The average Bonchev–Trinajstić information content (AvgIpc) is 3.16. The van der Waals surface area contributed by atoms with E-state index in [0.29, 0.717) is 16.7 Å². The van der Waals surface area contributed by atoms with E-state index >= 15 is 0 Å². The Labute approximate surface area is 122 Å². The van der Waals surface area contributed by atoms with E-state index in [1.807, 2.05) is 0 Å². The molecule has 0 bridgehead atoms. The predicted octanol–water partition coefficient (Wildman–Crippen LogP) is 2.96. The smallest absolute Gasteiger partial charge is 0.319 e. The van der Waals surface area contributed by atoms with Crippen LogP contribution in [0, 0.1) is 0 Å². The third kappa shape index (κ3) is 2.68. The second-order valence-corrected chi connectivity index (χ2v) is 5.10. The van der Waals surface area contributed by atoms with Gasteiger partial charge < -0.3 is 8.98 Å². The van der Waals surface area contributed by atoms with E-state index in [0.717, 1.165) is 4.57 Å². The molecule has 0 unspecified atom stereocenters. The minimum Gasteiger partial charge on any atom is -0.461 e. The zero-order valence-electron chi connectivity index (χ0n) is 11.0. The topological polar surface area (TPSA) is 61.7 Å². The van der Waals surface area contributed by atoms with Crippen LogP contribution in [0.25, 0.3) is 11.6 Å². The Bertz CT molecular complexity index is 722. The largest absolute Gasteiger partial charge is 0.461 e. The van der Waals surface area contributed by atoms with Gasteiger partial charge in [0.25, 0.3) is 0 Å². The molecule has 0 N–H and O–H groups in total. The van der Waals surface area contributed by atoms with E-state index in [1.165, 1.54) is 24.2 Å². The SMILES string of the molecule is Cn1c(SCc2nccn2C(F)F)nnc1-c1ccco1. The summed E-state index contributed by atoms with van der Waals surface area (Å²) in [7, 11) is 1.79. The summed E-state index contributed by atoms with van der Waals surface area (Å²) in [6, 6.07) is 3.54. The van der Waals surface area contributed by atoms with E-state index < -0.39 is 6.55 Å². The van der Waals surface area contributed by atoms with Crippen LogP contribution in [0.1, 0.15) is 12.4 Å². The van der Waals surface area contributed by atoms with Gasteiger partial charge in [-0.2, -0.15) is 8.78 Å². The molecule has 3 rings (SSSR count). The van der Waals surface area contributed by atoms with Gasteiger partial charge in [0.1, 0.15) is 5.82 Å². The molecule has 0 atom stereocenters. The lowest BCUT2D eigenvalue weighted by molar-refractivity contribution is 0.0678. The number of hydrogen-bond acceptors (Lipinski definition) is 5. The van der Waals surface area contributed by atoms with Crippen LogP contribution in [0.5, 0.6) is 0 Å². The van der Waals surface area contributed by atoms with Crippen LogP contribution in [0.4, 0.5) is 8.78 Å². The van der Waals surface area contributed by atoms with Crippen LogP contribution in [0.2, 0.25) is 0 Å². The summed E-state index contributed by atoms with van der Waals surface area (Å²) < 4.78 is 33.3. The van der Waals surface area contributed by atoms with Crippen molar-refractivity contribution in [3.8, 4) is 11.6 Å².